The van der Waals surface area contributed by atoms with E-state index in [2.05, 4.69) is 0 Å². The maximum atomic E-state index is 12.5. The third kappa shape index (κ3) is 3.72. The molecule has 0 aromatic heterocycles. The molecule has 1 saturated carbocycles. The molecule has 1 aromatic rings. The average molecular weight is 271 g/mol. The predicted octanol–water partition coefficient (Wildman–Crippen LogP) is 4.68. The molecule has 4 heteroatoms. The molecule has 0 heterocycles. The second-order valence-electron chi connectivity index (χ2n) is 5.40. The van der Waals surface area contributed by atoms with E-state index in [1.807, 2.05) is 0 Å². The highest BCUT2D eigenvalue weighted by Gasteiger charge is 2.30. The summed E-state index contributed by atoms with van der Waals surface area (Å²) in [7, 11) is 0. The van der Waals surface area contributed by atoms with Gasteiger partial charge in [0.1, 0.15) is 0 Å². The first-order valence-corrected chi connectivity index (χ1v) is 6.91. The third-order valence-electron chi connectivity index (χ3n) is 4.03. The first-order chi connectivity index (χ1) is 8.98. The van der Waals surface area contributed by atoms with Crippen LogP contribution in [0.1, 0.15) is 55.7 Å². The first-order valence-electron chi connectivity index (χ1n) is 6.91. The Morgan fingerprint density at radius 1 is 0.947 bits per heavy atom. The molecule has 1 unspecified atom stereocenters. The number of alkyl halides is 3. The summed E-state index contributed by atoms with van der Waals surface area (Å²) in [5, 5.41) is 0. The van der Waals surface area contributed by atoms with Crippen LogP contribution in [-0.2, 0) is 6.18 Å². The van der Waals surface area contributed by atoms with E-state index in [9.17, 15) is 13.2 Å². The second-order valence-corrected chi connectivity index (χ2v) is 5.40. The highest BCUT2D eigenvalue weighted by Crippen LogP contribution is 2.34. The van der Waals surface area contributed by atoms with Crippen LogP contribution in [0, 0.1) is 5.92 Å². The van der Waals surface area contributed by atoms with E-state index in [0.29, 0.717) is 5.92 Å². The molecule has 0 radical (unpaired) electrons. The molecule has 2 N–H and O–H groups in total. The van der Waals surface area contributed by atoms with E-state index in [4.69, 9.17) is 5.73 Å². The molecule has 0 spiro atoms. The van der Waals surface area contributed by atoms with Crippen LogP contribution in [-0.4, -0.2) is 0 Å². The van der Waals surface area contributed by atoms with Gasteiger partial charge in [0.05, 0.1) is 5.56 Å². The Morgan fingerprint density at radius 3 is 1.95 bits per heavy atom. The van der Waals surface area contributed by atoms with Gasteiger partial charge < -0.3 is 5.73 Å². The first kappa shape index (κ1) is 14.4. The van der Waals surface area contributed by atoms with Crippen LogP contribution in [0.15, 0.2) is 24.3 Å². The quantitative estimate of drug-likeness (QED) is 0.777. The molecule has 0 amide bonds. The summed E-state index contributed by atoms with van der Waals surface area (Å²) in [5.41, 5.74) is 6.43. The van der Waals surface area contributed by atoms with Gasteiger partial charge in [-0.15, -0.1) is 0 Å². The molecule has 0 aliphatic heterocycles. The van der Waals surface area contributed by atoms with Gasteiger partial charge in [-0.3, -0.25) is 0 Å². The molecular formula is C15H20F3N. The third-order valence-corrected chi connectivity index (χ3v) is 4.03. The van der Waals surface area contributed by atoms with Crippen molar-refractivity contribution in [3.63, 3.8) is 0 Å². The van der Waals surface area contributed by atoms with Gasteiger partial charge in [-0.05, 0) is 36.5 Å². The van der Waals surface area contributed by atoms with Crippen molar-refractivity contribution >= 4 is 0 Å². The van der Waals surface area contributed by atoms with E-state index >= 15 is 0 Å². The van der Waals surface area contributed by atoms with Crippen molar-refractivity contribution in [1.29, 1.82) is 0 Å². The van der Waals surface area contributed by atoms with Crippen molar-refractivity contribution in [3.8, 4) is 0 Å². The molecular weight excluding hydrogens is 251 g/mol. The summed E-state index contributed by atoms with van der Waals surface area (Å²) in [6, 6.07) is 5.18. The predicted molar refractivity (Wildman–Crippen MR) is 69.6 cm³/mol. The lowest BCUT2D eigenvalue weighted by molar-refractivity contribution is -0.137. The molecule has 1 nitrogen and oxygen atoms in total. The maximum Gasteiger partial charge on any atom is 0.416 e. The Labute approximate surface area is 112 Å². The summed E-state index contributed by atoms with van der Waals surface area (Å²) in [6.45, 7) is 0. The van der Waals surface area contributed by atoms with Crippen LogP contribution in [0.2, 0.25) is 0 Å². The second kappa shape index (κ2) is 5.95. The Hall–Kier alpha value is -1.03. The van der Waals surface area contributed by atoms with Gasteiger partial charge in [0.25, 0.3) is 0 Å². The molecule has 1 atom stereocenters. The largest absolute Gasteiger partial charge is 0.416 e. The number of rotatable bonds is 2. The molecule has 106 valence electrons. The highest BCUT2D eigenvalue weighted by molar-refractivity contribution is 5.27. The van der Waals surface area contributed by atoms with Gasteiger partial charge in [0, 0.05) is 6.04 Å². The minimum absolute atomic E-state index is 0.139. The molecule has 1 fully saturated rings. The molecule has 1 aliphatic rings. The van der Waals surface area contributed by atoms with Gasteiger partial charge in [0.2, 0.25) is 0 Å². The molecule has 2 rings (SSSR count). The van der Waals surface area contributed by atoms with Crippen molar-refractivity contribution in [1.82, 2.24) is 0 Å². The van der Waals surface area contributed by atoms with Crippen LogP contribution >= 0.6 is 0 Å². The lowest BCUT2D eigenvalue weighted by atomic mass is 9.87. The summed E-state index contributed by atoms with van der Waals surface area (Å²) < 4.78 is 37.5. The summed E-state index contributed by atoms with van der Waals surface area (Å²) >= 11 is 0. The standard InChI is InChI=1S/C15H20F3N/c16-15(17,18)13-9-7-12(8-10-13)14(19)11-5-3-1-2-4-6-11/h7-11,14H,1-6,19H2. The number of hydrogen-bond donors (Lipinski definition) is 1. The summed E-state index contributed by atoms with van der Waals surface area (Å²) in [5.74, 6) is 0.402. The van der Waals surface area contributed by atoms with E-state index in [-0.39, 0.29) is 6.04 Å². The number of halogens is 3. The minimum atomic E-state index is -4.27. The van der Waals surface area contributed by atoms with E-state index in [1.54, 1.807) is 0 Å². The van der Waals surface area contributed by atoms with Crippen LogP contribution in [0.3, 0.4) is 0 Å². The van der Waals surface area contributed by atoms with Crippen molar-refractivity contribution in [2.24, 2.45) is 11.7 Å². The van der Waals surface area contributed by atoms with E-state index in [1.165, 1.54) is 37.8 Å². The molecule has 19 heavy (non-hydrogen) atoms. The van der Waals surface area contributed by atoms with Crippen molar-refractivity contribution in [2.75, 3.05) is 0 Å². The Balaban J connectivity index is 2.08. The highest BCUT2D eigenvalue weighted by atomic mass is 19.4. The summed E-state index contributed by atoms with van der Waals surface area (Å²) in [4.78, 5) is 0. The minimum Gasteiger partial charge on any atom is -0.324 e. The molecule has 1 aliphatic carbocycles. The Kier molecular flexibility index (Phi) is 4.50. The lowest BCUT2D eigenvalue weighted by Gasteiger charge is -2.23. The fraction of sp³-hybridized carbons (Fsp3) is 0.600. The van der Waals surface area contributed by atoms with E-state index < -0.39 is 11.7 Å². The number of hydrogen-bond acceptors (Lipinski definition) is 1. The maximum absolute atomic E-state index is 12.5. The van der Waals surface area contributed by atoms with Crippen LogP contribution in [0.4, 0.5) is 13.2 Å². The molecule has 0 bridgehead atoms. The average Bonchev–Trinajstić information content (AvgIpc) is 2.66. The van der Waals surface area contributed by atoms with Gasteiger partial charge in [-0.1, -0.05) is 37.8 Å². The van der Waals surface area contributed by atoms with Crippen molar-refractivity contribution in [3.05, 3.63) is 35.4 Å². The molecule has 1 aromatic carbocycles. The van der Waals surface area contributed by atoms with Crippen LogP contribution in [0.25, 0.3) is 0 Å². The zero-order valence-corrected chi connectivity index (χ0v) is 10.9. The van der Waals surface area contributed by atoms with Crippen LogP contribution < -0.4 is 5.73 Å². The topological polar surface area (TPSA) is 26.0 Å². The number of benzene rings is 1. The van der Waals surface area contributed by atoms with Gasteiger partial charge in [-0.25, -0.2) is 0 Å². The lowest BCUT2D eigenvalue weighted by Crippen LogP contribution is -2.21. The SMILES string of the molecule is NC(c1ccc(C(F)(F)F)cc1)C1CCCCCC1. The fourth-order valence-corrected chi connectivity index (χ4v) is 2.84. The van der Waals surface area contributed by atoms with Crippen molar-refractivity contribution in [2.45, 2.75) is 50.7 Å². The smallest absolute Gasteiger partial charge is 0.324 e. The van der Waals surface area contributed by atoms with Gasteiger partial charge in [-0.2, -0.15) is 13.2 Å². The summed E-state index contributed by atoms with van der Waals surface area (Å²) in [6.07, 6.45) is 2.75. The Bertz CT molecular complexity index is 389. The van der Waals surface area contributed by atoms with Crippen molar-refractivity contribution < 1.29 is 13.2 Å². The molecule has 0 saturated heterocycles. The normalized spacial score (nSPS) is 20.0. The van der Waals surface area contributed by atoms with Gasteiger partial charge in [0.15, 0.2) is 0 Å². The zero-order chi connectivity index (χ0) is 13.9. The number of nitrogens with two attached hydrogens (primary N) is 1. The monoisotopic (exact) mass is 271 g/mol. The zero-order valence-electron chi connectivity index (χ0n) is 10.9. The Morgan fingerprint density at radius 2 is 1.47 bits per heavy atom. The van der Waals surface area contributed by atoms with Crippen LogP contribution in [0.5, 0.6) is 0 Å². The van der Waals surface area contributed by atoms with E-state index in [0.717, 1.165) is 30.5 Å². The van der Waals surface area contributed by atoms with Gasteiger partial charge >= 0.3 is 6.18 Å². The fourth-order valence-electron chi connectivity index (χ4n) is 2.84.